The van der Waals surface area contributed by atoms with Crippen LogP contribution in [0.15, 0.2) is 23.4 Å². The van der Waals surface area contributed by atoms with Crippen LogP contribution in [0, 0.1) is 0 Å². The molecule has 0 aromatic heterocycles. The van der Waals surface area contributed by atoms with Crippen molar-refractivity contribution < 1.29 is 15.1 Å². The monoisotopic (exact) mass is 237 g/mol. The topological polar surface area (TPSA) is 62.1 Å². The Kier molecular flexibility index (Phi) is 5.33. The summed E-state index contributed by atoms with van der Waals surface area (Å²) < 4.78 is 5.27. The van der Waals surface area contributed by atoms with Gasteiger partial charge in [0.2, 0.25) is 0 Å². The van der Waals surface area contributed by atoms with Crippen LogP contribution < -0.4 is 4.74 Å². The third kappa shape index (κ3) is 3.66. The molecular formula is C13H19NO3. The maximum Gasteiger partial charge on any atom is 0.128 e. The second kappa shape index (κ2) is 6.78. The third-order valence-corrected chi connectivity index (χ3v) is 2.48. The van der Waals surface area contributed by atoms with Crippen LogP contribution in [0.5, 0.6) is 11.5 Å². The Morgan fingerprint density at radius 1 is 1.35 bits per heavy atom. The molecule has 94 valence electrons. The van der Waals surface area contributed by atoms with Gasteiger partial charge in [-0.2, -0.15) is 0 Å². The quantitative estimate of drug-likeness (QED) is 0.454. The summed E-state index contributed by atoms with van der Waals surface area (Å²) in [7, 11) is 0. The van der Waals surface area contributed by atoms with E-state index in [0.717, 1.165) is 12.8 Å². The van der Waals surface area contributed by atoms with Crippen molar-refractivity contribution in [2.75, 3.05) is 6.61 Å². The summed E-state index contributed by atoms with van der Waals surface area (Å²) >= 11 is 0. The number of unbranched alkanes of at least 4 members (excludes halogenated alkanes) is 1. The van der Waals surface area contributed by atoms with Gasteiger partial charge in [0.15, 0.2) is 0 Å². The van der Waals surface area contributed by atoms with Gasteiger partial charge in [-0.25, -0.2) is 0 Å². The lowest BCUT2D eigenvalue weighted by atomic mass is 10.0. The van der Waals surface area contributed by atoms with Crippen molar-refractivity contribution in [1.29, 1.82) is 0 Å². The molecule has 1 aromatic rings. The van der Waals surface area contributed by atoms with Crippen LogP contribution in [-0.4, -0.2) is 22.6 Å². The molecule has 0 radical (unpaired) electrons. The summed E-state index contributed by atoms with van der Waals surface area (Å²) in [5, 5.41) is 22.0. The van der Waals surface area contributed by atoms with Gasteiger partial charge in [-0.3, -0.25) is 0 Å². The van der Waals surface area contributed by atoms with Crippen molar-refractivity contribution in [3.63, 3.8) is 0 Å². The lowest BCUT2D eigenvalue weighted by Crippen LogP contribution is -2.02. The van der Waals surface area contributed by atoms with E-state index in [1.54, 1.807) is 12.1 Å². The fraction of sp³-hybridized carbons (Fsp3) is 0.462. The zero-order chi connectivity index (χ0) is 12.7. The van der Waals surface area contributed by atoms with Crippen LogP contribution in [0.3, 0.4) is 0 Å². The normalized spacial score (nSPS) is 11.5. The number of hydrogen-bond donors (Lipinski definition) is 2. The maximum absolute atomic E-state index is 9.85. The molecule has 4 nitrogen and oxygen atoms in total. The Balaban J connectivity index is 2.89. The average molecular weight is 237 g/mol. The number of nitrogens with zero attached hydrogens (tertiary/aromatic N) is 1. The summed E-state index contributed by atoms with van der Waals surface area (Å²) in [4.78, 5) is 0. The highest BCUT2D eigenvalue weighted by atomic mass is 16.5. The molecule has 0 amide bonds. The molecule has 0 bridgehead atoms. The van der Waals surface area contributed by atoms with Crippen molar-refractivity contribution in [3.8, 4) is 11.5 Å². The molecule has 0 saturated carbocycles. The SMILES string of the molecule is CCCCC(=NO)c1ccc(OCC)cc1O. The molecule has 0 saturated heterocycles. The fourth-order valence-electron chi connectivity index (χ4n) is 1.59. The van der Waals surface area contributed by atoms with Crippen LogP contribution in [0.25, 0.3) is 0 Å². The standard InChI is InChI=1S/C13H19NO3/c1-3-5-6-12(14-16)11-8-7-10(17-4-2)9-13(11)15/h7-9,15-16H,3-6H2,1-2H3. The van der Waals surface area contributed by atoms with Crippen molar-refractivity contribution in [2.24, 2.45) is 5.16 Å². The number of aromatic hydroxyl groups is 1. The number of phenolic OH excluding ortho intramolecular Hbond substituents is 1. The molecule has 0 heterocycles. The Hall–Kier alpha value is -1.71. The number of ether oxygens (including phenoxy) is 1. The van der Waals surface area contributed by atoms with Gasteiger partial charge in [0, 0.05) is 11.6 Å². The molecule has 1 aromatic carbocycles. The lowest BCUT2D eigenvalue weighted by molar-refractivity contribution is 0.317. The summed E-state index contributed by atoms with van der Waals surface area (Å²) in [6.45, 7) is 4.50. The lowest BCUT2D eigenvalue weighted by Gasteiger charge is -2.09. The van der Waals surface area contributed by atoms with Crippen LogP contribution in [0.1, 0.15) is 38.7 Å². The second-order valence-corrected chi connectivity index (χ2v) is 3.76. The molecule has 4 heteroatoms. The molecule has 0 aliphatic carbocycles. The van der Waals surface area contributed by atoms with E-state index < -0.39 is 0 Å². The summed E-state index contributed by atoms with van der Waals surface area (Å²) in [6, 6.07) is 5.01. The van der Waals surface area contributed by atoms with Crippen molar-refractivity contribution >= 4 is 5.71 Å². The molecule has 1 rings (SSSR count). The average Bonchev–Trinajstić information content (AvgIpc) is 2.32. The van der Waals surface area contributed by atoms with Gasteiger partial charge < -0.3 is 15.1 Å². The van der Waals surface area contributed by atoms with Gasteiger partial charge >= 0.3 is 0 Å². The van der Waals surface area contributed by atoms with Crippen molar-refractivity contribution in [2.45, 2.75) is 33.1 Å². The number of rotatable bonds is 6. The van der Waals surface area contributed by atoms with Crippen LogP contribution in [-0.2, 0) is 0 Å². The minimum atomic E-state index is 0.0832. The highest BCUT2D eigenvalue weighted by molar-refractivity contribution is 6.02. The Morgan fingerprint density at radius 3 is 2.65 bits per heavy atom. The molecule has 0 aliphatic heterocycles. The fourth-order valence-corrected chi connectivity index (χ4v) is 1.59. The smallest absolute Gasteiger partial charge is 0.128 e. The molecule has 0 atom stereocenters. The van der Waals surface area contributed by atoms with Gasteiger partial charge in [0.25, 0.3) is 0 Å². The zero-order valence-corrected chi connectivity index (χ0v) is 10.3. The van der Waals surface area contributed by atoms with E-state index in [4.69, 9.17) is 9.94 Å². The van der Waals surface area contributed by atoms with Crippen molar-refractivity contribution in [3.05, 3.63) is 23.8 Å². The Morgan fingerprint density at radius 2 is 2.12 bits per heavy atom. The van der Waals surface area contributed by atoms with Gasteiger partial charge in [0.1, 0.15) is 11.5 Å². The third-order valence-electron chi connectivity index (χ3n) is 2.48. The first-order valence-corrected chi connectivity index (χ1v) is 5.90. The van der Waals surface area contributed by atoms with Gasteiger partial charge in [-0.05, 0) is 31.9 Å². The summed E-state index contributed by atoms with van der Waals surface area (Å²) in [6.07, 6.45) is 2.58. The van der Waals surface area contributed by atoms with E-state index in [0.29, 0.717) is 30.1 Å². The van der Waals surface area contributed by atoms with Gasteiger partial charge in [-0.15, -0.1) is 0 Å². The molecule has 17 heavy (non-hydrogen) atoms. The number of hydrogen-bond acceptors (Lipinski definition) is 4. The summed E-state index contributed by atoms with van der Waals surface area (Å²) in [5.74, 6) is 0.696. The minimum Gasteiger partial charge on any atom is -0.507 e. The van der Waals surface area contributed by atoms with E-state index in [-0.39, 0.29) is 5.75 Å². The summed E-state index contributed by atoms with van der Waals surface area (Å²) in [5.41, 5.74) is 1.07. The highest BCUT2D eigenvalue weighted by Gasteiger charge is 2.10. The van der Waals surface area contributed by atoms with E-state index >= 15 is 0 Å². The number of phenols is 1. The van der Waals surface area contributed by atoms with Crippen LogP contribution in [0.2, 0.25) is 0 Å². The maximum atomic E-state index is 9.85. The van der Waals surface area contributed by atoms with Gasteiger partial charge in [-0.1, -0.05) is 18.5 Å². The first-order valence-electron chi connectivity index (χ1n) is 5.90. The van der Waals surface area contributed by atoms with Crippen molar-refractivity contribution in [1.82, 2.24) is 0 Å². The van der Waals surface area contributed by atoms with E-state index in [9.17, 15) is 5.11 Å². The van der Waals surface area contributed by atoms with E-state index in [1.165, 1.54) is 6.07 Å². The van der Waals surface area contributed by atoms with E-state index in [2.05, 4.69) is 12.1 Å². The minimum absolute atomic E-state index is 0.0832. The predicted molar refractivity (Wildman–Crippen MR) is 67.1 cm³/mol. The van der Waals surface area contributed by atoms with Crippen LogP contribution >= 0.6 is 0 Å². The molecule has 0 aliphatic rings. The first kappa shape index (κ1) is 13.4. The molecule has 0 unspecified atom stereocenters. The number of benzene rings is 1. The predicted octanol–water partition coefficient (Wildman–Crippen LogP) is 3.16. The first-order chi connectivity index (χ1) is 8.22. The number of oxime groups is 1. The molecule has 0 fully saturated rings. The largest absolute Gasteiger partial charge is 0.507 e. The molecule has 2 N–H and O–H groups in total. The molecule has 0 spiro atoms. The second-order valence-electron chi connectivity index (χ2n) is 3.76. The van der Waals surface area contributed by atoms with E-state index in [1.807, 2.05) is 6.92 Å². The Labute approximate surface area is 102 Å². The molecular weight excluding hydrogens is 218 g/mol. The van der Waals surface area contributed by atoms with Crippen LogP contribution in [0.4, 0.5) is 0 Å². The van der Waals surface area contributed by atoms with Gasteiger partial charge in [0.05, 0.1) is 12.3 Å². The highest BCUT2D eigenvalue weighted by Crippen LogP contribution is 2.25. The zero-order valence-electron chi connectivity index (χ0n) is 10.3. The Bertz CT molecular complexity index is 388.